The standard InChI is InChI=1S/C16H15NO5/c1-11-14(17(19)20)8-13(16(18)21-2)9-15(11)22-10-12-6-4-3-5-7-12/h3-9H,10H2,1-2H3. The number of methoxy groups -OCH3 is 1. The van der Waals surface area contributed by atoms with Gasteiger partial charge >= 0.3 is 5.97 Å². The van der Waals surface area contributed by atoms with Crippen LogP contribution in [0.5, 0.6) is 5.75 Å². The molecule has 0 amide bonds. The third-order valence-electron chi connectivity index (χ3n) is 3.19. The predicted molar refractivity (Wildman–Crippen MR) is 79.9 cm³/mol. The van der Waals surface area contributed by atoms with Gasteiger partial charge in [0, 0.05) is 6.07 Å². The van der Waals surface area contributed by atoms with Gasteiger partial charge in [0.15, 0.2) is 0 Å². The molecule has 22 heavy (non-hydrogen) atoms. The Balaban J connectivity index is 2.34. The van der Waals surface area contributed by atoms with Crippen LogP contribution in [0.15, 0.2) is 42.5 Å². The second-order valence-corrected chi connectivity index (χ2v) is 4.64. The fraction of sp³-hybridized carbons (Fsp3) is 0.188. The fourth-order valence-electron chi connectivity index (χ4n) is 1.98. The van der Waals surface area contributed by atoms with E-state index in [4.69, 9.17) is 4.74 Å². The van der Waals surface area contributed by atoms with Crippen LogP contribution in [0, 0.1) is 17.0 Å². The van der Waals surface area contributed by atoms with E-state index in [9.17, 15) is 14.9 Å². The number of benzene rings is 2. The lowest BCUT2D eigenvalue weighted by Crippen LogP contribution is -2.06. The van der Waals surface area contributed by atoms with Crippen LogP contribution in [0.3, 0.4) is 0 Å². The summed E-state index contributed by atoms with van der Waals surface area (Å²) in [7, 11) is 1.22. The average molecular weight is 301 g/mol. The monoisotopic (exact) mass is 301 g/mol. The molecule has 0 N–H and O–H groups in total. The number of hydrogen-bond acceptors (Lipinski definition) is 5. The molecule has 0 saturated carbocycles. The molecular formula is C16H15NO5. The Labute approximate surface area is 127 Å². The lowest BCUT2D eigenvalue weighted by Gasteiger charge is -2.11. The minimum absolute atomic E-state index is 0.0860. The van der Waals surface area contributed by atoms with E-state index >= 15 is 0 Å². The summed E-state index contributed by atoms with van der Waals surface area (Å²) in [6, 6.07) is 12.0. The smallest absolute Gasteiger partial charge is 0.338 e. The maximum Gasteiger partial charge on any atom is 0.338 e. The van der Waals surface area contributed by atoms with Crippen molar-refractivity contribution in [2.75, 3.05) is 7.11 Å². The van der Waals surface area contributed by atoms with Crippen molar-refractivity contribution in [3.05, 3.63) is 69.3 Å². The molecule has 0 unspecified atom stereocenters. The first kappa shape index (κ1) is 15.5. The van der Waals surface area contributed by atoms with Gasteiger partial charge in [-0.25, -0.2) is 4.79 Å². The van der Waals surface area contributed by atoms with Crippen LogP contribution >= 0.6 is 0 Å². The first-order valence-electron chi connectivity index (χ1n) is 6.57. The first-order chi connectivity index (χ1) is 10.5. The minimum Gasteiger partial charge on any atom is -0.488 e. The lowest BCUT2D eigenvalue weighted by atomic mass is 10.1. The maximum atomic E-state index is 11.6. The van der Waals surface area contributed by atoms with Crippen LogP contribution in [0.1, 0.15) is 21.5 Å². The van der Waals surface area contributed by atoms with Crippen molar-refractivity contribution in [3.63, 3.8) is 0 Å². The summed E-state index contributed by atoms with van der Waals surface area (Å²) in [5.74, 6) is -0.355. The molecule has 0 spiro atoms. The fourth-order valence-corrected chi connectivity index (χ4v) is 1.98. The number of esters is 1. The summed E-state index contributed by atoms with van der Waals surface area (Å²) in [5.41, 5.74) is 1.20. The zero-order chi connectivity index (χ0) is 16.1. The normalized spacial score (nSPS) is 10.1. The van der Waals surface area contributed by atoms with E-state index in [0.717, 1.165) is 5.56 Å². The van der Waals surface area contributed by atoms with Gasteiger partial charge in [0.25, 0.3) is 5.69 Å². The first-order valence-corrected chi connectivity index (χ1v) is 6.57. The number of nitrogens with zero attached hydrogens (tertiary/aromatic N) is 1. The van der Waals surface area contributed by atoms with E-state index in [1.807, 2.05) is 30.3 Å². The molecule has 2 rings (SSSR count). The average Bonchev–Trinajstić information content (AvgIpc) is 2.53. The summed E-state index contributed by atoms with van der Waals surface area (Å²) in [4.78, 5) is 22.2. The van der Waals surface area contributed by atoms with Crippen molar-refractivity contribution in [3.8, 4) is 5.75 Å². The van der Waals surface area contributed by atoms with Gasteiger partial charge in [-0.15, -0.1) is 0 Å². The molecule has 0 aliphatic carbocycles. The zero-order valence-electron chi connectivity index (χ0n) is 12.2. The highest BCUT2D eigenvalue weighted by molar-refractivity contribution is 5.91. The molecule has 2 aromatic rings. The molecule has 6 nitrogen and oxygen atoms in total. The number of rotatable bonds is 5. The highest BCUT2D eigenvalue weighted by Gasteiger charge is 2.20. The van der Waals surface area contributed by atoms with Crippen molar-refractivity contribution >= 4 is 11.7 Å². The molecule has 0 aliphatic rings. The van der Waals surface area contributed by atoms with E-state index in [2.05, 4.69) is 4.74 Å². The Morgan fingerprint density at radius 1 is 1.23 bits per heavy atom. The Bertz CT molecular complexity index is 697. The van der Waals surface area contributed by atoms with Crippen LogP contribution in [0.4, 0.5) is 5.69 Å². The van der Waals surface area contributed by atoms with Gasteiger partial charge in [-0.1, -0.05) is 30.3 Å². The van der Waals surface area contributed by atoms with Crippen LogP contribution in [0.25, 0.3) is 0 Å². The van der Waals surface area contributed by atoms with Gasteiger partial charge < -0.3 is 9.47 Å². The molecule has 0 atom stereocenters. The molecule has 0 aliphatic heterocycles. The SMILES string of the molecule is COC(=O)c1cc(OCc2ccccc2)c(C)c([N+](=O)[O-])c1. The molecule has 0 aromatic heterocycles. The van der Waals surface area contributed by atoms with Crippen molar-refractivity contribution in [2.45, 2.75) is 13.5 Å². The van der Waals surface area contributed by atoms with Crippen molar-refractivity contribution < 1.29 is 19.2 Å². The molecule has 0 fully saturated rings. The van der Waals surface area contributed by atoms with Crippen LogP contribution in [-0.4, -0.2) is 18.0 Å². The Morgan fingerprint density at radius 3 is 2.50 bits per heavy atom. The summed E-state index contributed by atoms with van der Waals surface area (Å²) in [5, 5.41) is 11.1. The molecule has 114 valence electrons. The molecule has 0 bridgehead atoms. The molecular weight excluding hydrogens is 286 g/mol. The highest BCUT2D eigenvalue weighted by Crippen LogP contribution is 2.30. The van der Waals surface area contributed by atoms with Crippen LogP contribution in [-0.2, 0) is 11.3 Å². The van der Waals surface area contributed by atoms with Crippen molar-refractivity contribution in [1.82, 2.24) is 0 Å². The van der Waals surface area contributed by atoms with Crippen LogP contribution < -0.4 is 4.74 Å². The summed E-state index contributed by atoms with van der Waals surface area (Å²) >= 11 is 0. The van der Waals surface area contributed by atoms with E-state index in [-0.39, 0.29) is 17.9 Å². The minimum atomic E-state index is -0.646. The molecule has 0 saturated heterocycles. The summed E-state index contributed by atoms with van der Waals surface area (Å²) < 4.78 is 10.2. The maximum absolute atomic E-state index is 11.6. The third kappa shape index (κ3) is 3.41. The van der Waals surface area contributed by atoms with E-state index < -0.39 is 10.9 Å². The number of carbonyl (C=O) groups excluding carboxylic acids is 1. The van der Waals surface area contributed by atoms with Gasteiger partial charge in [-0.3, -0.25) is 10.1 Å². The summed E-state index contributed by atoms with van der Waals surface area (Å²) in [6.07, 6.45) is 0. The van der Waals surface area contributed by atoms with Crippen molar-refractivity contribution in [1.29, 1.82) is 0 Å². The molecule has 0 heterocycles. The number of ether oxygens (including phenoxy) is 2. The Morgan fingerprint density at radius 2 is 1.91 bits per heavy atom. The van der Waals surface area contributed by atoms with E-state index in [1.54, 1.807) is 6.92 Å². The van der Waals surface area contributed by atoms with Crippen molar-refractivity contribution in [2.24, 2.45) is 0 Å². The predicted octanol–water partition coefficient (Wildman–Crippen LogP) is 3.27. The number of carbonyl (C=O) groups is 1. The second-order valence-electron chi connectivity index (χ2n) is 4.64. The second kappa shape index (κ2) is 6.71. The van der Waals surface area contributed by atoms with Gasteiger partial charge in [-0.05, 0) is 18.6 Å². The Kier molecular flexibility index (Phi) is 4.73. The van der Waals surface area contributed by atoms with E-state index in [0.29, 0.717) is 11.3 Å². The molecule has 2 aromatic carbocycles. The molecule has 0 radical (unpaired) electrons. The summed E-state index contributed by atoms with van der Waals surface area (Å²) in [6.45, 7) is 1.84. The van der Waals surface area contributed by atoms with Gasteiger partial charge in [0.05, 0.1) is 23.2 Å². The lowest BCUT2D eigenvalue weighted by molar-refractivity contribution is -0.385. The Hall–Kier alpha value is -2.89. The largest absolute Gasteiger partial charge is 0.488 e. The van der Waals surface area contributed by atoms with E-state index in [1.165, 1.54) is 19.2 Å². The van der Waals surface area contributed by atoms with Gasteiger partial charge in [-0.2, -0.15) is 0 Å². The van der Waals surface area contributed by atoms with Gasteiger partial charge in [0.1, 0.15) is 12.4 Å². The number of nitro groups is 1. The zero-order valence-corrected chi connectivity index (χ0v) is 12.2. The van der Waals surface area contributed by atoms with Crippen LogP contribution in [0.2, 0.25) is 0 Å². The number of hydrogen-bond donors (Lipinski definition) is 0. The number of nitro benzene ring substituents is 1. The quantitative estimate of drug-likeness (QED) is 0.481. The van der Waals surface area contributed by atoms with Gasteiger partial charge in [0.2, 0.25) is 0 Å². The third-order valence-corrected chi connectivity index (χ3v) is 3.19. The highest BCUT2D eigenvalue weighted by atomic mass is 16.6. The molecule has 6 heteroatoms. The topological polar surface area (TPSA) is 78.7 Å².